The molecule has 0 spiro atoms. The smallest absolute Gasteiger partial charge is 0.254 e. The van der Waals surface area contributed by atoms with Crippen LogP contribution >= 0.6 is 0 Å². The molecule has 196 valence electrons. The molecule has 9 heteroatoms. The van der Waals surface area contributed by atoms with Crippen LogP contribution in [0.25, 0.3) is 0 Å². The number of carbonyl (C=O) groups is 1. The number of morpholine rings is 1. The van der Waals surface area contributed by atoms with E-state index in [4.69, 9.17) is 18.9 Å². The number of hydrogen-bond acceptors (Lipinski definition) is 8. The van der Waals surface area contributed by atoms with Crippen molar-refractivity contribution < 1.29 is 28.8 Å². The highest BCUT2D eigenvalue weighted by molar-refractivity contribution is 5.94. The Balaban J connectivity index is 1.17. The molecule has 0 aliphatic carbocycles. The Hall–Kier alpha value is -2.85. The first-order valence-electron chi connectivity index (χ1n) is 12.5. The molecule has 2 aliphatic rings. The molecule has 0 saturated carbocycles. The van der Waals surface area contributed by atoms with E-state index in [0.29, 0.717) is 43.3 Å². The molecule has 0 bridgehead atoms. The fourth-order valence-corrected chi connectivity index (χ4v) is 4.63. The number of amides is 1. The second-order valence-corrected chi connectivity index (χ2v) is 9.22. The molecule has 2 saturated heterocycles. The Bertz CT molecular complexity index is 964. The summed E-state index contributed by atoms with van der Waals surface area (Å²) in [6, 6.07) is 14.6. The van der Waals surface area contributed by atoms with E-state index in [1.807, 2.05) is 47.4 Å². The topological polar surface area (TPSA) is 83.9 Å². The molecule has 2 atom stereocenters. The first-order valence-corrected chi connectivity index (χ1v) is 12.5. The summed E-state index contributed by atoms with van der Waals surface area (Å²) in [5.41, 5.74) is 0.656. The van der Waals surface area contributed by atoms with Crippen LogP contribution in [0.15, 0.2) is 48.5 Å². The van der Waals surface area contributed by atoms with Gasteiger partial charge in [0.25, 0.3) is 5.91 Å². The summed E-state index contributed by atoms with van der Waals surface area (Å²) in [6.45, 7) is 6.79. The number of aliphatic hydroxyl groups excluding tert-OH is 1. The van der Waals surface area contributed by atoms with Gasteiger partial charge in [0, 0.05) is 57.9 Å². The van der Waals surface area contributed by atoms with Crippen LogP contribution in [-0.2, 0) is 4.74 Å². The molecule has 2 aromatic rings. The standard InChI is InChI=1S/C27H37N3O6/c1-33-23-6-8-24(9-7-23)36-20-22(31)17-29-14-15-35-26(19-29)18-28-10-12-30(13-11-28)27(32)21-4-3-5-25(16-21)34-2/h3-9,16,22,26,31H,10-15,17-20H2,1-2H3. The number of hydrogen-bond donors (Lipinski definition) is 1. The summed E-state index contributed by atoms with van der Waals surface area (Å²) in [4.78, 5) is 19.4. The van der Waals surface area contributed by atoms with Crippen molar-refractivity contribution in [1.82, 2.24) is 14.7 Å². The van der Waals surface area contributed by atoms with Crippen molar-refractivity contribution >= 4 is 5.91 Å². The second-order valence-electron chi connectivity index (χ2n) is 9.22. The van der Waals surface area contributed by atoms with Gasteiger partial charge in [-0.3, -0.25) is 14.6 Å². The molecule has 2 aromatic carbocycles. The number of ether oxygens (including phenoxy) is 4. The summed E-state index contributed by atoms with van der Waals surface area (Å²) in [5.74, 6) is 2.21. The Labute approximate surface area is 213 Å². The summed E-state index contributed by atoms with van der Waals surface area (Å²) >= 11 is 0. The predicted octanol–water partition coefficient (Wildman–Crippen LogP) is 1.60. The molecule has 2 aliphatic heterocycles. The highest BCUT2D eigenvalue weighted by atomic mass is 16.5. The third kappa shape index (κ3) is 7.33. The van der Waals surface area contributed by atoms with E-state index >= 15 is 0 Å². The second kappa shape index (κ2) is 12.9. The van der Waals surface area contributed by atoms with E-state index < -0.39 is 6.10 Å². The SMILES string of the molecule is COc1ccc(OCC(O)CN2CCOC(CN3CCN(C(=O)c4cccc(OC)c4)CC3)C2)cc1. The van der Waals surface area contributed by atoms with Crippen molar-refractivity contribution in [2.24, 2.45) is 0 Å². The van der Waals surface area contributed by atoms with Crippen molar-refractivity contribution in [3.63, 3.8) is 0 Å². The molecule has 1 N–H and O–H groups in total. The lowest BCUT2D eigenvalue weighted by atomic mass is 10.1. The maximum Gasteiger partial charge on any atom is 0.254 e. The minimum atomic E-state index is -0.586. The normalized spacial score (nSPS) is 20.1. The molecule has 4 rings (SSSR count). The number of piperazine rings is 1. The first kappa shape index (κ1) is 26.2. The largest absolute Gasteiger partial charge is 0.497 e. The number of β-amino-alcohol motifs (C(OH)–C–C–N with tert-alkyl or cyclic N) is 1. The number of aliphatic hydroxyl groups is 1. The molecular weight excluding hydrogens is 462 g/mol. The molecule has 0 aromatic heterocycles. The lowest BCUT2D eigenvalue weighted by molar-refractivity contribution is -0.0591. The van der Waals surface area contributed by atoms with Crippen LogP contribution in [0.5, 0.6) is 17.2 Å². The van der Waals surface area contributed by atoms with E-state index in [9.17, 15) is 9.90 Å². The van der Waals surface area contributed by atoms with Gasteiger partial charge in [0.05, 0.1) is 26.9 Å². The minimum absolute atomic E-state index is 0.0412. The van der Waals surface area contributed by atoms with Gasteiger partial charge in [0.15, 0.2) is 0 Å². The molecule has 2 fully saturated rings. The summed E-state index contributed by atoms with van der Waals surface area (Å²) in [7, 11) is 3.23. The summed E-state index contributed by atoms with van der Waals surface area (Å²) in [5, 5.41) is 10.5. The van der Waals surface area contributed by atoms with Gasteiger partial charge in [-0.05, 0) is 42.5 Å². The Kier molecular flexibility index (Phi) is 9.41. The van der Waals surface area contributed by atoms with Gasteiger partial charge >= 0.3 is 0 Å². The maximum atomic E-state index is 12.9. The summed E-state index contributed by atoms with van der Waals surface area (Å²) in [6.07, 6.45) is -0.508. The van der Waals surface area contributed by atoms with Crippen LogP contribution in [0.4, 0.5) is 0 Å². The highest BCUT2D eigenvalue weighted by Crippen LogP contribution is 2.18. The van der Waals surface area contributed by atoms with E-state index in [2.05, 4.69) is 9.80 Å². The third-order valence-electron chi connectivity index (χ3n) is 6.63. The van der Waals surface area contributed by atoms with Crippen LogP contribution in [0.2, 0.25) is 0 Å². The number of rotatable bonds is 10. The van der Waals surface area contributed by atoms with Gasteiger partial charge in [-0.25, -0.2) is 0 Å². The number of methoxy groups -OCH3 is 2. The van der Waals surface area contributed by atoms with Gasteiger partial charge < -0.3 is 29.0 Å². The molecule has 2 unspecified atom stereocenters. The maximum absolute atomic E-state index is 12.9. The molecular formula is C27H37N3O6. The highest BCUT2D eigenvalue weighted by Gasteiger charge is 2.27. The minimum Gasteiger partial charge on any atom is -0.497 e. The van der Waals surface area contributed by atoms with Crippen LogP contribution in [0.1, 0.15) is 10.4 Å². The van der Waals surface area contributed by atoms with Crippen molar-refractivity contribution in [2.75, 3.05) is 79.8 Å². The molecule has 1 amide bonds. The lowest BCUT2D eigenvalue weighted by Crippen LogP contribution is -2.54. The number of benzene rings is 2. The third-order valence-corrected chi connectivity index (χ3v) is 6.63. The zero-order chi connectivity index (χ0) is 25.3. The van der Waals surface area contributed by atoms with Crippen molar-refractivity contribution in [3.8, 4) is 17.2 Å². The molecule has 2 heterocycles. The lowest BCUT2D eigenvalue weighted by Gasteiger charge is -2.39. The summed E-state index contributed by atoms with van der Waals surface area (Å²) < 4.78 is 22.1. The van der Waals surface area contributed by atoms with Gasteiger partial charge in [-0.2, -0.15) is 0 Å². The quantitative estimate of drug-likeness (QED) is 0.528. The van der Waals surface area contributed by atoms with Crippen molar-refractivity contribution in [1.29, 1.82) is 0 Å². The van der Waals surface area contributed by atoms with Crippen LogP contribution in [0.3, 0.4) is 0 Å². The van der Waals surface area contributed by atoms with Crippen LogP contribution in [0, 0.1) is 0 Å². The average molecular weight is 500 g/mol. The number of nitrogens with zero attached hydrogens (tertiary/aromatic N) is 3. The van der Waals surface area contributed by atoms with Crippen LogP contribution < -0.4 is 14.2 Å². The van der Waals surface area contributed by atoms with E-state index in [1.54, 1.807) is 20.3 Å². The zero-order valence-corrected chi connectivity index (χ0v) is 21.2. The monoisotopic (exact) mass is 499 g/mol. The van der Waals surface area contributed by atoms with Gasteiger partial charge in [-0.1, -0.05) is 6.07 Å². The Morgan fingerprint density at radius 3 is 2.42 bits per heavy atom. The number of carbonyl (C=O) groups excluding carboxylic acids is 1. The zero-order valence-electron chi connectivity index (χ0n) is 21.2. The first-order chi connectivity index (χ1) is 17.5. The molecule has 0 radical (unpaired) electrons. The van der Waals surface area contributed by atoms with Crippen molar-refractivity contribution in [3.05, 3.63) is 54.1 Å². The van der Waals surface area contributed by atoms with E-state index in [-0.39, 0.29) is 18.6 Å². The van der Waals surface area contributed by atoms with Gasteiger partial charge in [-0.15, -0.1) is 0 Å². The predicted molar refractivity (Wildman–Crippen MR) is 136 cm³/mol. The fourth-order valence-electron chi connectivity index (χ4n) is 4.63. The van der Waals surface area contributed by atoms with E-state index in [1.165, 1.54) is 0 Å². The Morgan fingerprint density at radius 1 is 0.972 bits per heavy atom. The van der Waals surface area contributed by atoms with Gasteiger partial charge in [0.2, 0.25) is 0 Å². The van der Waals surface area contributed by atoms with Crippen molar-refractivity contribution in [2.45, 2.75) is 12.2 Å². The molecule has 9 nitrogen and oxygen atoms in total. The fraction of sp³-hybridized carbons (Fsp3) is 0.519. The molecule has 36 heavy (non-hydrogen) atoms. The average Bonchev–Trinajstić information content (AvgIpc) is 2.92. The van der Waals surface area contributed by atoms with E-state index in [0.717, 1.165) is 38.5 Å². The van der Waals surface area contributed by atoms with Crippen LogP contribution in [-0.4, -0.2) is 118 Å². The Morgan fingerprint density at radius 2 is 1.69 bits per heavy atom. The van der Waals surface area contributed by atoms with Gasteiger partial charge in [0.1, 0.15) is 30.0 Å².